The molecule has 0 aliphatic heterocycles. The van der Waals surface area contributed by atoms with Gasteiger partial charge in [-0.05, 0) is 55.3 Å². The fourth-order valence-corrected chi connectivity index (χ4v) is 3.00. The molecular formula is C19H17BrN2O2. The van der Waals surface area contributed by atoms with Gasteiger partial charge in [-0.15, -0.1) is 0 Å². The summed E-state index contributed by atoms with van der Waals surface area (Å²) >= 11 is 3.43. The first-order valence-corrected chi connectivity index (χ1v) is 8.27. The Morgan fingerprint density at radius 2 is 1.92 bits per heavy atom. The molecular weight excluding hydrogens is 368 g/mol. The van der Waals surface area contributed by atoms with Crippen molar-refractivity contribution in [3.05, 3.63) is 69.9 Å². The summed E-state index contributed by atoms with van der Waals surface area (Å²) < 4.78 is 6.64. The topological polar surface area (TPSA) is 68.3 Å². The zero-order valence-electron chi connectivity index (χ0n) is 13.4. The number of hydrogen-bond donors (Lipinski definition) is 2. The first-order chi connectivity index (χ1) is 11.4. The van der Waals surface area contributed by atoms with Crippen molar-refractivity contribution in [2.45, 2.75) is 13.8 Å². The Balaban J connectivity index is 1.85. The molecule has 0 unspecified atom stereocenters. The number of hydrogen-bond acceptors (Lipinski definition) is 3. The minimum Gasteiger partial charge on any atom is -0.451 e. The van der Waals surface area contributed by atoms with E-state index in [1.54, 1.807) is 12.1 Å². The van der Waals surface area contributed by atoms with E-state index >= 15 is 0 Å². The van der Waals surface area contributed by atoms with Crippen LogP contribution in [0.25, 0.3) is 11.3 Å². The maximum Gasteiger partial charge on any atom is 0.291 e. The molecule has 4 nitrogen and oxygen atoms in total. The monoisotopic (exact) mass is 384 g/mol. The molecule has 0 bridgehead atoms. The minimum absolute atomic E-state index is 0.240. The molecule has 0 saturated heterocycles. The van der Waals surface area contributed by atoms with Gasteiger partial charge >= 0.3 is 0 Å². The summed E-state index contributed by atoms with van der Waals surface area (Å²) in [5.41, 5.74) is 10.0. The van der Waals surface area contributed by atoms with Gasteiger partial charge in [0.05, 0.1) is 11.4 Å². The van der Waals surface area contributed by atoms with E-state index < -0.39 is 0 Å². The van der Waals surface area contributed by atoms with Gasteiger partial charge in [0.2, 0.25) is 0 Å². The summed E-state index contributed by atoms with van der Waals surface area (Å²) in [4.78, 5) is 12.4. The number of nitrogens with one attached hydrogen (secondary N) is 1. The van der Waals surface area contributed by atoms with E-state index in [-0.39, 0.29) is 11.7 Å². The first-order valence-electron chi connectivity index (χ1n) is 7.48. The Kier molecular flexibility index (Phi) is 4.44. The summed E-state index contributed by atoms with van der Waals surface area (Å²) in [6, 6.07) is 14.9. The predicted octanol–water partition coefficient (Wildman–Crippen LogP) is 5.16. The maximum atomic E-state index is 12.4. The number of carbonyl (C=O) groups excluding carboxylic acids is 1. The van der Waals surface area contributed by atoms with Gasteiger partial charge in [-0.3, -0.25) is 4.79 Å². The van der Waals surface area contributed by atoms with Crippen molar-refractivity contribution in [2.24, 2.45) is 0 Å². The van der Waals surface area contributed by atoms with Crippen LogP contribution in [-0.4, -0.2) is 5.91 Å². The third-order valence-electron chi connectivity index (χ3n) is 3.69. The van der Waals surface area contributed by atoms with Crippen LogP contribution in [0.1, 0.15) is 21.7 Å². The van der Waals surface area contributed by atoms with Crippen molar-refractivity contribution >= 4 is 33.2 Å². The number of halogens is 1. The summed E-state index contributed by atoms with van der Waals surface area (Å²) in [6.07, 6.45) is 0. The highest BCUT2D eigenvalue weighted by atomic mass is 79.9. The van der Waals surface area contributed by atoms with E-state index in [0.29, 0.717) is 17.1 Å². The Morgan fingerprint density at radius 3 is 2.62 bits per heavy atom. The molecule has 24 heavy (non-hydrogen) atoms. The molecule has 122 valence electrons. The van der Waals surface area contributed by atoms with E-state index in [4.69, 9.17) is 10.2 Å². The average Bonchev–Trinajstić information content (AvgIpc) is 3.00. The van der Waals surface area contributed by atoms with Crippen molar-refractivity contribution in [3.8, 4) is 11.3 Å². The van der Waals surface area contributed by atoms with Gasteiger partial charge in [0.1, 0.15) is 5.76 Å². The van der Waals surface area contributed by atoms with Crippen molar-refractivity contribution in [1.29, 1.82) is 0 Å². The molecule has 3 aromatic rings. The average molecular weight is 385 g/mol. The van der Waals surface area contributed by atoms with Gasteiger partial charge in [-0.1, -0.05) is 34.1 Å². The Morgan fingerprint density at radius 1 is 1.12 bits per heavy atom. The Hall–Kier alpha value is -2.53. The standard InChI is InChI=1S/C19H17BrN2O2/c1-11-8-12(2)18(15(21)9-11)22-19(23)17-7-6-16(24-17)13-4-3-5-14(20)10-13/h3-10H,21H2,1-2H3,(H,22,23). The Labute approximate surface area is 148 Å². The number of anilines is 2. The van der Waals surface area contributed by atoms with Crippen LogP contribution in [0.3, 0.4) is 0 Å². The van der Waals surface area contributed by atoms with Crippen molar-refractivity contribution in [2.75, 3.05) is 11.1 Å². The van der Waals surface area contributed by atoms with Gasteiger partial charge in [-0.2, -0.15) is 0 Å². The molecule has 1 amide bonds. The van der Waals surface area contributed by atoms with Crippen molar-refractivity contribution in [3.63, 3.8) is 0 Å². The lowest BCUT2D eigenvalue weighted by atomic mass is 10.1. The number of amides is 1. The van der Waals surface area contributed by atoms with Gasteiger partial charge in [-0.25, -0.2) is 0 Å². The second kappa shape index (κ2) is 6.53. The number of benzene rings is 2. The zero-order valence-corrected chi connectivity index (χ0v) is 15.0. The first kappa shape index (κ1) is 16.3. The lowest BCUT2D eigenvalue weighted by Crippen LogP contribution is -2.13. The predicted molar refractivity (Wildman–Crippen MR) is 100 cm³/mol. The molecule has 1 aromatic heterocycles. The SMILES string of the molecule is Cc1cc(C)c(NC(=O)c2ccc(-c3cccc(Br)c3)o2)c(N)c1. The van der Waals surface area contributed by atoms with Crippen LogP contribution >= 0.6 is 15.9 Å². The number of furan rings is 1. The highest BCUT2D eigenvalue weighted by Crippen LogP contribution is 2.28. The van der Waals surface area contributed by atoms with Crippen LogP contribution in [0.2, 0.25) is 0 Å². The van der Waals surface area contributed by atoms with E-state index in [1.807, 2.05) is 50.2 Å². The number of rotatable bonds is 3. The van der Waals surface area contributed by atoms with E-state index in [9.17, 15) is 4.79 Å². The fourth-order valence-electron chi connectivity index (χ4n) is 2.60. The molecule has 0 aliphatic rings. The minimum atomic E-state index is -0.324. The lowest BCUT2D eigenvalue weighted by molar-refractivity contribution is 0.0997. The Bertz CT molecular complexity index is 892. The maximum absolute atomic E-state index is 12.4. The highest BCUT2D eigenvalue weighted by Gasteiger charge is 2.15. The molecule has 1 heterocycles. The fraction of sp³-hybridized carbons (Fsp3) is 0.105. The third kappa shape index (κ3) is 3.36. The van der Waals surface area contributed by atoms with Crippen LogP contribution < -0.4 is 11.1 Å². The molecule has 0 fully saturated rings. The van der Waals surface area contributed by atoms with Gasteiger partial charge in [0.15, 0.2) is 5.76 Å². The second-order valence-corrected chi connectivity index (χ2v) is 6.59. The largest absolute Gasteiger partial charge is 0.451 e. The molecule has 2 aromatic carbocycles. The summed E-state index contributed by atoms with van der Waals surface area (Å²) in [6.45, 7) is 3.87. The van der Waals surface area contributed by atoms with Crippen LogP contribution in [0.5, 0.6) is 0 Å². The van der Waals surface area contributed by atoms with Crippen LogP contribution in [0.15, 0.2) is 57.4 Å². The molecule has 0 aliphatic carbocycles. The van der Waals surface area contributed by atoms with Crippen LogP contribution in [0.4, 0.5) is 11.4 Å². The summed E-state index contributed by atoms with van der Waals surface area (Å²) in [5.74, 6) is 0.550. The number of nitrogens with two attached hydrogens (primary N) is 1. The molecule has 0 radical (unpaired) electrons. The third-order valence-corrected chi connectivity index (χ3v) is 4.18. The number of carbonyl (C=O) groups is 1. The van der Waals surface area contributed by atoms with E-state index in [0.717, 1.165) is 21.2 Å². The van der Waals surface area contributed by atoms with Crippen LogP contribution in [-0.2, 0) is 0 Å². The number of aryl methyl sites for hydroxylation is 2. The van der Waals surface area contributed by atoms with E-state index in [1.165, 1.54) is 0 Å². The highest BCUT2D eigenvalue weighted by molar-refractivity contribution is 9.10. The second-order valence-electron chi connectivity index (χ2n) is 5.67. The molecule has 0 saturated carbocycles. The normalized spacial score (nSPS) is 10.6. The summed E-state index contributed by atoms with van der Waals surface area (Å²) in [5, 5.41) is 2.83. The lowest BCUT2D eigenvalue weighted by Gasteiger charge is -2.11. The molecule has 5 heteroatoms. The molecule has 0 spiro atoms. The van der Waals surface area contributed by atoms with Crippen molar-refractivity contribution < 1.29 is 9.21 Å². The van der Waals surface area contributed by atoms with E-state index in [2.05, 4.69) is 21.2 Å². The molecule has 0 atom stereocenters. The summed E-state index contributed by atoms with van der Waals surface area (Å²) in [7, 11) is 0. The zero-order chi connectivity index (χ0) is 17.3. The van der Waals surface area contributed by atoms with Gasteiger partial charge in [0, 0.05) is 10.0 Å². The molecule has 3 rings (SSSR count). The smallest absolute Gasteiger partial charge is 0.291 e. The number of nitrogen functional groups attached to an aromatic ring is 1. The van der Waals surface area contributed by atoms with Crippen LogP contribution in [0, 0.1) is 13.8 Å². The van der Waals surface area contributed by atoms with Gasteiger partial charge in [0.25, 0.3) is 5.91 Å². The molecule has 3 N–H and O–H groups in total. The van der Waals surface area contributed by atoms with Crippen molar-refractivity contribution in [1.82, 2.24) is 0 Å². The quantitative estimate of drug-likeness (QED) is 0.612. The van der Waals surface area contributed by atoms with Gasteiger partial charge < -0.3 is 15.5 Å².